The molecule has 1 saturated heterocycles. The fraction of sp³-hybridized carbons (Fsp3) is 0.381. The van der Waals surface area contributed by atoms with Gasteiger partial charge in [0, 0.05) is 41.5 Å². The Labute approximate surface area is 168 Å². The standard InChI is InChI=1S/C21H24N4O2S/c1-14-4-6-17(7-5-14)20-22-19(27-23-20)13-24-8-10-25(11-9-24)21(26)18-12-15(2)28-16(18)3/h4-7,12H,8-11,13H2,1-3H3. The monoisotopic (exact) mass is 396 g/mol. The van der Waals surface area contributed by atoms with Crippen molar-refractivity contribution < 1.29 is 9.32 Å². The lowest BCUT2D eigenvalue weighted by Crippen LogP contribution is -2.48. The summed E-state index contributed by atoms with van der Waals surface area (Å²) in [6.45, 7) is 9.75. The van der Waals surface area contributed by atoms with E-state index in [2.05, 4.69) is 22.0 Å². The van der Waals surface area contributed by atoms with Gasteiger partial charge in [-0.05, 0) is 26.8 Å². The first-order valence-electron chi connectivity index (χ1n) is 9.48. The van der Waals surface area contributed by atoms with E-state index < -0.39 is 0 Å². The number of hydrogen-bond donors (Lipinski definition) is 0. The van der Waals surface area contributed by atoms with Crippen molar-refractivity contribution in [3.63, 3.8) is 0 Å². The van der Waals surface area contributed by atoms with E-state index in [1.54, 1.807) is 11.3 Å². The van der Waals surface area contributed by atoms with Crippen molar-refractivity contribution in [1.82, 2.24) is 19.9 Å². The molecule has 1 amide bonds. The van der Waals surface area contributed by atoms with Gasteiger partial charge in [0.25, 0.3) is 5.91 Å². The number of carbonyl (C=O) groups is 1. The van der Waals surface area contributed by atoms with Crippen LogP contribution in [0.2, 0.25) is 0 Å². The Morgan fingerprint density at radius 3 is 2.46 bits per heavy atom. The molecule has 2 aromatic heterocycles. The van der Waals surface area contributed by atoms with Crippen molar-refractivity contribution in [3.8, 4) is 11.4 Å². The van der Waals surface area contributed by atoms with Gasteiger partial charge < -0.3 is 9.42 Å². The molecule has 4 rings (SSSR count). The van der Waals surface area contributed by atoms with Crippen molar-refractivity contribution in [2.75, 3.05) is 26.2 Å². The predicted octanol–water partition coefficient (Wildman–Crippen LogP) is 3.68. The highest BCUT2D eigenvalue weighted by atomic mass is 32.1. The van der Waals surface area contributed by atoms with E-state index in [0.29, 0.717) is 31.3 Å². The quantitative estimate of drug-likeness (QED) is 0.673. The van der Waals surface area contributed by atoms with Gasteiger partial charge in [-0.3, -0.25) is 9.69 Å². The molecule has 0 radical (unpaired) electrons. The van der Waals surface area contributed by atoms with Crippen molar-refractivity contribution in [2.45, 2.75) is 27.3 Å². The van der Waals surface area contributed by atoms with Crippen LogP contribution in [0.25, 0.3) is 11.4 Å². The highest BCUT2D eigenvalue weighted by Gasteiger charge is 2.25. The number of aromatic nitrogens is 2. The maximum absolute atomic E-state index is 12.8. The number of amides is 1. The molecule has 28 heavy (non-hydrogen) atoms. The molecular weight excluding hydrogens is 372 g/mol. The molecule has 6 nitrogen and oxygen atoms in total. The van der Waals surface area contributed by atoms with Crippen LogP contribution >= 0.6 is 11.3 Å². The molecule has 0 bridgehead atoms. The predicted molar refractivity (Wildman–Crippen MR) is 109 cm³/mol. The molecule has 1 fully saturated rings. The molecule has 0 unspecified atom stereocenters. The minimum atomic E-state index is 0.140. The summed E-state index contributed by atoms with van der Waals surface area (Å²) >= 11 is 1.68. The molecule has 0 aliphatic carbocycles. The van der Waals surface area contributed by atoms with Crippen LogP contribution in [0.1, 0.15) is 31.6 Å². The Morgan fingerprint density at radius 2 is 1.82 bits per heavy atom. The Kier molecular flexibility index (Phi) is 5.28. The lowest BCUT2D eigenvalue weighted by atomic mass is 10.1. The Bertz CT molecular complexity index is 969. The number of nitrogens with zero attached hydrogens (tertiary/aromatic N) is 4. The lowest BCUT2D eigenvalue weighted by molar-refractivity contribution is 0.0615. The summed E-state index contributed by atoms with van der Waals surface area (Å²) < 4.78 is 5.43. The van der Waals surface area contributed by atoms with Crippen LogP contribution in [0.3, 0.4) is 0 Å². The minimum absolute atomic E-state index is 0.140. The average molecular weight is 397 g/mol. The summed E-state index contributed by atoms with van der Waals surface area (Å²) in [5.41, 5.74) is 3.00. The van der Waals surface area contributed by atoms with Gasteiger partial charge in [0.05, 0.1) is 12.1 Å². The number of benzene rings is 1. The smallest absolute Gasteiger partial charge is 0.255 e. The molecule has 1 aromatic carbocycles. The maximum Gasteiger partial charge on any atom is 0.255 e. The zero-order chi connectivity index (χ0) is 19.7. The highest BCUT2D eigenvalue weighted by molar-refractivity contribution is 7.12. The molecule has 3 aromatic rings. The van der Waals surface area contributed by atoms with Crippen molar-refractivity contribution in [2.24, 2.45) is 0 Å². The molecule has 7 heteroatoms. The number of thiophene rings is 1. The molecular formula is C21H24N4O2S. The van der Waals surface area contributed by atoms with Crippen LogP contribution < -0.4 is 0 Å². The van der Waals surface area contributed by atoms with Crippen molar-refractivity contribution in [1.29, 1.82) is 0 Å². The van der Waals surface area contributed by atoms with Gasteiger partial charge in [-0.2, -0.15) is 4.98 Å². The molecule has 1 aliphatic rings. The van der Waals surface area contributed by atoms with Crippen molar-refractivity contribution in [3.05, 3.63) is 57.1 Å². The van der Waals surface area contributed by atoms with E-state index in [-0.39, 0.29) is 5.91 Å². The normalized spacial score (nSPS) is 15.2. The lowest BCUT2D eigenvalue weighted by Gasteiger charge is -2.34. The second kappa shape index (κ2) is 7.85. The minimum Gasteiger partial charge on any atom is -0.338 e. The molecule has 0 atom stereocenters. The van der Waals surface area contributed by atoms with E-state index in [0.717, 1.165) is 29.1 Å². The molecule has 146 valence electrons. The second-order valence-corrected chi connectivity index (χ2v) is 8.73. The third kappa shape index (κ3) is 4.00. The summed E-state index contributed by atoms with van der Waals surface area (Å²) in [7, 11) is 0. The summed E-state index contributed by atoms with van der Waals surface area (Å²) in [6, 6.07) is 10.1. The first kappa shape index (κ1) is 18.8. The van der Waals surface area contributed by atoms with Gasteiger partial charge in [0.15, 0.2) is 0 Å². The Morgan fingerprint density at radius 1 is 1.11 bits per heavy atom. The SMILES string of the molecule is Cc1ccc(-c2noc(CN3CCN(C(=O)c4cc(C)sc4C)CC3)n2)cc1. The van der Waals surface area contributed by atoms with Crippen LogP contribution in [0.4, 0.5) is 0 Å². The van der Waals surface area contributed by atoms with E-state index in [1.807, 2.05) is 49.1 Å². The van der Waals surface area contributed by atoms with E-state index in [4.69, 9.17) is 4.52 Å². The van der Waals surface area contributed by atoms with Crippen molar-refractivity contribution >= 4 is 17.2 Å². The molecule has 3 heterocycles. The Hall–Kier alpha value is -2.51. The molecule has 0 saturated carbocycles. The maximum atomic E-state index is 12.8. The molecule has 1 aliphatic heterocycles. The second-order valence-electron chi connectivity index (χ2n) is 7.27. The summed E-state index contributed by atoms with van der Waals surface area (Å²) in [5, 5.41) is 4.10. The fourth-order valence-electron chi connectivity index (χ4n) is 3.45. The summed E-state index contributed by atoms with van der Waals surface area (Å²) in [4.78, 5) is 23.7. The number of piperazine rings is 1. The molecule has 0 N–H and O–H groups in total. The van der Waals surface area contributed by atoms with Crippen LogP contribution in [-0.4, -0.2) is 52.0 Å². The van der Waals surface area contributed by atoms with Crippen LogP contribution in [0.15, 0.2) is 34.9 Å². The third-order valence-corrected chi connectivity index (χ3v) is 6.03. The van der Waals surface area contributed by atoms with E-state index >= 15 is 0 Å². The molecule has 0 spiro atoms. The summed E-state index contributed by atoms with van der Waals surface area (Å²) in [6.07, 6.45) is 0. The number of rotatable bonds is 4. The number of carbonyl (C=O) groups excluding carboxylic acids is 1. The third-order valence-electron chi connectivity index (χ3n) is 5.07. The fourth-order valence-corrected chi connectivity index (χ4v) is 4.37. The van der Waals surface area contributed by atoms with Gasteiger partial charge in [0.1, 0.15) is 0 Å². The first-order chi connectivity index (χ1) is 13.5. The summed E-state index contributed by atoms with van der Waals surface area (Å²) in [5.74, 6) is 1.37. The van der Waals surface area contributed by atoms with Crippen LogP contribution in [0, 0.1) is 20.8 Å². The topological polar surface area (TPSA) is 62.5 Å². The zero-order valence-electron chi connectivity index (χ0n) is 16.4. The Balaban J connectivity index is 1.34. The first-order valence-corrected chi connectivity index (χ1v) is 10.3. The van der Waals surface area contributed by atoms with E-state index in [1.165, 1.54) is 10.4 Å². The van der Waals surface area contributed by atoms with Gasteiger partial charge in [-0.1, -0.05) is 35.0 Å². The van der Waals surface area contributed by atoms with Gasteiger partial charge in [-0.25, -0.2) is 0 Å². The average Bonchev–Trinajstić information content (AvgIpc) is 3.28. The van der Waals surface area contributed by atoms with Gasteiger partial charge in [-0.15, -0.1) is 11.3 Å². The van der Waals surface area contributed by atoms with Crippen LogP contribution in [-0.2, 0) is 6.54 Å². The van der Waals surface area contributed by atoms with Gasteiger partial charge >= 0.3 is 0 Å². The highest BCUT2D eigenvalue weighted by Crippen LogP contribution is 2.23. The van der Waals surface area contributed by atoms with Crippen LogP contribution in [0.5, 0.6) is 0 Å². The largest absolute Gasteiger partial charge is 0.338 e. The number of hydrogen-bond acceptors (Lipinski definition) is 6. The zero-order valence-corrected chi connectivity index (χ0v) is 17.3. The van der Waals surface area contributed by atoms with Gasteiger partial charge in [0.2, 0.25) is 11.7 Å². The van der Waals surface area contributed by atoms with E-state index in [9.17, 15) is 4.79 Å². The number of aryl methyl sites for hydroxylation is 3.